The minimum absolute atomic E-state index is 0.180. The SMILES string of the molecule is O=C(Cc1ccc(Cl)cc1)N1C2CCC1CC(Oc1ccncc1)C2. The zero-order valence-corrected chi connectivity index (χ0v) is 14.7. The average Bonchev–Trinajstić information content (AvgIpc) is 2.89. The Hall–Kier alpha value is -2.07. The van der Waals surface area contributed by atoms with Gasteiger partial charge in [-0.2, -0.15) is 0 Å². The van der Waals surface area contributed by atoms with Crippen molar-refractivity contribution in [3.63, 3.8) is 0 Å². The van der Waals surface area contributed by atoms with Crippen LogP contribution in [0.5, 0.6) is 5.75 Å². The first-order valence-electron chi connectivity index (χ1n) is 8.81. The van der Waals surface area contributed by atoms with E-state index in [4.69, 9.17) is 16.3 Å². The molecule has 2 unspecified atom stereocenters. The van der Waals surface area contributed by atoms with Gasteiger partial charge in [-0.1, -0.05) is 23.7 Å². The predicted octanol–water partition coefficient (Wildman–Crippen LogP) is 3.88. The van der Waals surface area contributed by atoms with Gasteiger partial charge in [-0.3, -0.25) is 9.78 Å². The second-order valence-corrected chi connectivity index (χ2v) is 7.32. The Bertz CT molecular complexity index is 721. The largest absolute Gasteiger partial charge is 0.490 e. The van der Waals surface area contributed by atoms with Crippen LogP contribution in [-0.4, -0.2) is 34.0 Å². The molecule has 2 saturated heterocycles. The number of nitrogens with zero attached hydrogens (tertiary/aromatic N) is 2. The summed E-state index contributed by atoms with van der Waals surface area (Å²) in [5.74, 6) is 1.08. The normalized spacial score (nSPS) is 25.0. The molecule has 4 nitrogen and oxygen atoms in total. The van der Waals surface area contributed by atoms with Gasteiger partial charge in [0.2, 0.25) is 5.91 Å². The first-order valence-corrected chi connectivity index (χ1v) is 9.19. The summed E-state index contributed by atoms with van der Waals surface area (Å²) in [6, 6.07) is 11.9. The Morgan fingerprint density at radius 2 is 1.72 bits per heavy atom. The molecule has 1 aromatic heterocycles. The van der Waals surface area contributed by atoms with Gasteiger partial charge in [-0.15, -0.1) is 0 Å². The standard InChI is InChI=1S/C20H21ClN2O2/c21-15-3-1-14(2-4-15)11-20(24)23-16-5-6-17(23)13-19(12-16)25-18-7-9-22-10-8-18/h1-4,7-10,16-17,19H,5-6,11-13H2. The third-order valence-corrected chi connectivity index (χ3v) is 5.45. The summed E-state index contributed by atoms with van der Waals surface area (Å²) < 4.78 is 6.10. The number of pyridine rings is 1. The second kappa shape index (κ2) is 7.04. The van der Waals surface area contributed by atoms with Crippen molar-refractivity contribution in [2.45, 2.75) is 50.3 Å². The number of piperidine rings is 1. The fourth-order valence-corrected chi connectivity index (χ4v) is 4.23. The van der Waals surface area contributed by atoms with Crippen LogP contribution in [-0.2, 0) is 11.2 Å². The number of hydrogen-bond donors (Lipinski definition) is 0. The minimum Gasteiger partial charge on any atom is -0.490 e. The van der Waals surface area contributed by atoms with Crippen LogP contribution in [0, 0.1) is 0 Å². The van der Waals surface area contributed by atoms with Crippen LogP contribution in [0.4, 0.5) is 0 Å². The smallest absolute Gasteiger partial charge is 0.227 e. The number of fused-ring (bicyclic) bond motifs is 2. The Labute approximate surface area is 152 Å². The Morgan fingerprint density at radius 1 is 1.08 bits per heavy atom. The molecule has 0 spiro atoms. The molecule has 2 atom stereocenters. The van der Waals surface area contributed by atoms with Crippen molar-refractivity contribution in [3.8, 4) is 5.75 Å². The maximum absolute atomic E-state index is 12.8. The van der Waals surface area contributed by atoms with Gasteiger partial charge in [0.05, 0.1) is 6.42 Å². The Balaban J connectivity index is 1.40. The second-order valence-electron chi connectivity index (χ2n) is 6.88. The number of carbonyl (C=O) groups is 1. The molecule has 2 fully saturated rings. The summed E-state index contributed by atoms with van der Waals surface area (Å²) in [4.78, 5) is 19.0. The molecule has 5 heteroatoms. The van der Waals surface area contributed by atoms with Crippen molar-refractivity contribution in [1.29, 1.82) is 0 Å². The van der Waals surface area contributed by atoms with Gasteiger partial charge in [0.15, 0.2) is 0 Å². The van der Waals surface area contributed by atoms with Crippen LogP contribution in [0.15, 0.2) is 48.8 Å². The molecule has 1 aromatic carbocycles. The van der Waals surface area contributed by atoms with Crippen LogP contribution >= 0.6 is 11.6 Å². The molecule has 4 rings (SSSR count). The fraction of sp³-hybridized carbons (Fsp3) is 0.400. The lowest BCUT2D eigenvalue weighted by Crippen LogP contribution is -2.49. The molecule has 2 aromatic rings. The monoisotopic (exact) mass is 356 g/mol. The van der Waals surface area contributed by atoms with Crippen molar-refractivity contribution >= 4 is 17.5 Å². The number of hydrogen-bond acceptors (Lipinski definition) is 3. The molecule has 0 radical (unpaired) electrons. The van der Waals surface area contributed by atoms with Crippen molar-refractivity contribution in [1.82, 2.24) is 9.88 Å². The van der Waals surface area contributed by atoms with E-state index in [1.807, 2.05) is 36.4 Å². The highest BCUT2D eigenvalue weighted by atomic mass is 35.5. The van der Waals surface area contributed by atoms with Crippen molar-refractivity contribution in [3.05, 3.63) is 59.4 Å². The van der Waals surface area contributed by atoms with E-state index < -0.39 is 0 Å². The molecule has 2 aliphatic heterocycles. The quantitative estimate of drug-likeness (QED) is 0.835. The highest BCUT2D eigenvalue weighted by molar-refractivity contribution is 6.30. The highest BCUT2D eigenvalue weighted by Gasteiger charge is 2.43. The van der Waals surface area contributed by atoms with Gasteiger partial charge in [-0.05, 0) is 42.7 Å². The number of aromatic nitrogens is 1. The van der Waals surface area contributed by atoms with Gasteiger partial charge in [0.1, 0.15) is 11.9 Å². The highest BCUT2D eigenvalue weighted by Crippen LogP contribution is 2.37. The summed E-state index contributed by atoms with van der Waals surface area (Å²) in [6.45, 7) is 0. The topological polar surface area (TPSA) is 42.4 Å². The molecule has 25 heavy (non-hydrogen) atoms. The van der Waals surface area contributed by atoms with E-state index in [1.54, 1.807) is 12.4 Å². The minimum atomic E-state index is 0.180. The van der Waals surface area contributed by atoms with E-state index in [0.29, 0.717) is 23.5 Å². The van der Waals surface area contributed by atoms with E-state index in [9.17, 15) is 4.79 Å². The molecule has 0 N–H and O–H groups in total. The van der Waals surface area contributed by atoms with E-state index >= 15 is 0 Å². The Kier molecular flexibility index (Phi) is 4.62. The lowest BCUT2D eigenvalue weighted by atomic mass is 9.98. The summed E-state index contributed by atoms with van der Waals surface area (Å²) >= 11 is 5.92. The number of rotatable bonds is 4. The zero-order chi connectivity index (χ0) is 17.2. The van der Waals surface area contributed by atoms with Crippen LogP contribution in [0.3, 0.4) is 0 Å². The van der Waals surface area contributed by atoms with Crippen LogP contribution in [0.2, 0.25) is 5.02 Å². The van der Waals surface area contributed by atoms with Gasteiger partial charge < -0.3 is 9.64 Å². The molecule has 2 bridgehead atoms. The van der Waals surface area contributed by atoms with E-state index in [0.717, 1.165) is 37.0 Å². The summed E-state index contributed by atoms with van der Waals surface area (Å²) in [7, 11) is 0. The number of benzene rings is 1. The molecular weight excluding hydrogens is 336 g/mol. The van der Waals surface area contributed by atoms with Crippen LogP contribution < -0.4 is 4.74 Å². The lowest BCUT2D eigenvalue weighted by Gasteiger charge is -2.39. The maximum atomic E-state index is 12.8. The van der Waals surface area contributed by atoms with E-state index in [1.165, 1.54) is 0 Å². The predicted molar refractivity (Wildman–Crippen MR) is 96.7 cm³/mol. The lowest BCUT2D eigenvalue weighted by molar-refractivity contribution is -0.136. The molecule has 1 amide bonds. The van der Waals surface area contributed by atoms with E-state index in [-0.39, 0.29) is 12.0 Å². The molecule has 3 heterocycles. The zero-order valence-electron chi connectivity index (χ0n) is 14.0. The summed E-state index contributed by atoms with van der Waals surface area (Å²) in [5.41, 5.74) is 1.02. The van der Waals surface area contributed by atoms with Crippen LogP contribution in [0.25, 0.3) is 0 Å². The third kappa shape index (κ3) is 3.64. The van der Waals surface area contributed by atoms with Gasteiger partial charge in [0.25, 0.3) is 0 Å². The number of ether oxygens (including phenoxy) is 1. The summed E-state index contributed by atoms with van der Waals surface area (Å²) in [6.07, 6.45) is 8.08. The third-order valence-electron chi connectivity index (χ3n) is 5.20. The van der Waals surface area contributed by atoms with Crippen molar-refractivity contribution < 1.29 is 9.53 Å². The van der Waals surface area contributed by atoms with Gasteiger partial charge in [-0.25, -0.2) is 0 Å². The Morgan fingerprint density at radius 3 is 2.36 bits per heavy atom. The van der Waals surface area contributed by atoms with E-state index in [2.05, 4.69) is 9.88 Å². The number of amides is 1. The molecule has 0 aliphatic carbocycles. The van der Waals surface area contributed by atoms with Gasteiger partial charge >= 0.3 is 0 Å². The molecular formula is C20H21ClN2O2. The number of halogens is 1. The fourth-order valence-electron chi connectivity index (χ4n) is 4.11. The summed E-state index contributed by atoms with van der Waals surface area (Å²) in [5, 5.41) is 0.699. The van der Waals surface area contributed by atoms with Gasteiger partial charge in [0, 0.05) is 42.3 Å². The first-order chi connectivity index (χ1) is 12.2. The molecule has 2 aliphatic rings. The average molecular weight is 357 g/mol. The van der Waals surface area contributed by atoms with Crippen molar-refractivity contribution in [2.75, 3.05) is 0 Å². The first kappa shape index (κ1) is 16.4. The number of carbonyl (C=O) groups excluding carboxylic acids is 1. The van der Waals surface area contributed by atoms with Crippen molar-refractivity contribution in [2.24, 2.45) is 0 Å². The van der Waals surface area contributed by atoms with Crippen LogP contribution in [0.1, 0.15) is 31.2 Å². The maximum Gasteiger partial charge on any atom is 0.227 e. The molecule has 130 valence electrons. The molecule has 0 saturated carbocycles.